The van der Waals surface area contributed by atoms with E-state index in [0.29, 0.717) is 17.9 Å². The Morgan fingerprint density at radius 2 is 2.24 bits per heavy atom. The fraction of sp³-hybridized carbons (Fsp3) is 0.385. The van der Waals surface area contributed by atoms with Crippen molar-refractivity contribution in [3.05, 3.63) is 47.3 Å². The number of hydrogen-bond donors (Lipinski definition) is 0. The standard InChI is InChI=1S/C13H12F3N3OS/c14-13(15,16)10-3-1-2-9(6-10)7-19-8-11(17-18-19)12-20-4-5-21-12/h1-3,6,8,12H,4-5,7H2/t12-/m0/s1. The Morgan fingerprint density at radius 3 is 2.95 bits per heavy atom. The van der Waals surface area contributed by atoms with Crippen molar-refractivity contribution in [2.75, 3.05) is 12.4 Å². The highest BCUT2D eigenvalue weighted by atomic mass is 32.2. The summed E-state index contributed by atoms with van der Waals surface area (Å²) in [7, 11) is 0. The van der Waals surface area contributed by atoms with Crippen molar-refractivity contribution in [1.82, 2.24) is 15.0 Å². The van der Waals surface area contributed by atoms with Gasteiger partial charge in [0.15, 0.2) is 0 Å². The number of alkyl halides is 3. The molecule has 112 valence electrons. The molecule has 0 bridgehead atoms. The molecule has 1 aliphatic rings. The lowest BCUT2D eigenvalue weighted by Gasteiger charge is -2.08. The molecule has 0 amide bonds. The first kappa shape index (κ1) is 14.4. The van der Waals surface area contributed by atoms with Crippen LogP contribution in [0.2, 0.25) is 0 Å². The second kappa shape index (κ2) is 5.69. The summed E-state index contributed by atoms with van der Waals surface area (Å²) in [5, 5.41) is 7.95. The molecule has 0 radical (unpaired) electrons. The van der Waals surface area contributed by atoms with Crippen molar-refractivity contribution < 1.29 is 17.9 Å². The van der Waals surface area contributed by atoms with Gasteiger partial charge in [0, 0.05) is 5.75 Å². The van der Waals surface area contributed by atoms with Crippen LogP contribution in [0.25, 0.3) is 0 Å². The first-order valence-electron chi connectivity index (χ1n) is 6.32. The summed E-state index contributed by atoms with van der Waals surface area (Å²) in [5.41, 5.74) is 0.445. The molecule has 1 aliphatic heterocycles. The molecular weight excluding hydrogens is 303 g/mol. The van der Waals surface area contributed by atoms with Crippen molar-refractivity contribution in [2.24, 2.45) is 0 Å². The fourth-order valence-corrected chi connectivity index (χ4v) is 2.94. The minimum Gasteiger partial charge on any atom is -0.360 e. The molecule has 4 nitrogen and oxygen atoms in total. The largest absolute Gasteiger partial charge is 0.416 e. The van der Waals surface area contributed by atoms with E-state index in [2.05, 4.69) is 10.3 Å². The van der Waals surface area contributed by atoms with Crippen LogP contribution in [0.1, 0.15) is 22.3 Å². The molecule has 0 aliphatic carbocycles. The lowest BCUT2D eigenvalue weighted by molar-refractivity contribution is -0.137. The molecule has 1 fully saturated rings. The summed E-state index contributed by atoms with van der Waals surface area (Å²) in [6, 6.07) is 5.21. The second-order valence-electron chi connectivity index (χ2n) is 4.61. The highest BCUT2D eigenvalue weighted by molar-refractivity contribution is 7.99. The minimum atomic E-state index is -4.34. The zero-order valence-corrected chi connectivity index (χ0v) is 11.7. The Hall–Kier alpha value is -1.54. The van der Waals surface area contributed by atoms with E-state index in [1.807, 2.05) is 0 Å². The molecule has 8 heteroatoms. The van der Waals surface area contributed by atoms with Gasteiger partial charge in [0.1, 0.15) is 11.1 Å². The van der Waals surface area contributed by atoms with E-state index in [1.54, 1.807) is 24.0 Å². The van der Waals surface area contributed by atoms with E-state index in [1.165, 1.54) is 10.7 Å². The van der Waals surface area contributed by atoms with Crippen LogP contribution < -0.4 is 0 Å². The summed E-state index contributed by atoms with van der Waals surface area (Å²) in [5.74, 6) is 0.908. The van der Waals surface area contributed by atoms with Crippen LogP contribution in [-0.4, -0.2) is 27.4 Å². The first-order valence-corrected chi connectivity index (χ1v) is 7.36. The van der Waals surface area contributed by atoms with Crippen molar-refractivity contribution in [1.29, 1.82) is 0 Å². The zero-order chi connectivity index (χ0) is 14.9. The molecule has 2 aromatic rings. The maximum Gasteiger partial charge on any atom is 0.416 e. The Balaban J connectivity index is 1.74. The summed E-state index contributed by atoms with van der Waals surface area (Å²) < 4.78 is 45.0. The van der Waals surface area contributed by atoms with E-state index < -0.39 is 11.7 Å². The molecule has 1 saturated heterocycles. The number of nitrogens with zero attached hydrogens (tertiary/aromatic N) is 3. The van der Waals surface area contributed by atoms with Gasteiger partial charge in [-0.05, 0) is 17.7 Å². The SMILES string of the molecule is FC(F)(F)c1cccc(Cn2cc([C@H]3OCCS3)nn2)c1. The lowest BCUT2D eigenvalue weighted by Crippen LogP contribution is -2.07. The van der Waals surface area contributed by atoms with Gasteiger partial charge in [-0.3, -0.25) is 0 Å². The summed E-state index contributed by atoms with van der Waals surface area (Å²) in [6.07, 6.45) is -2.62. The van der Waals surface area contributed by atoms with Crippen LogP contribution in [0.4, 0.5) is 13.2 Å². The third-order valence-electron chi connectivity index (χ3n) is 3.02. The number of aromatic nitrogens is 3. The first-order chi connectivity index (χ1) is 10.0. The molecule has 0 N–H and O–H groups in total. The van der Waals surface area contributed by atoms with Crippen LogP contribution in [-0.2, 0) is 17.5 Å². The van der Waals surface area contributed by atoms with Gasteiger partial charge in [0.25, 0.3) is 0 Å². The van der Waals surface area contributed by atoms with E-state index >= 15 is 0 Å². The molecule has 1 aromatic carbocycles. The third kappa shape index (κ3) is 3.38. The zero-order valence-electron chi connectivity index (χ0n) is 10.9. The summed E-state index contributed by atoms with van der Waals surface area (Å²) in [4.78, 5) is 0. The predicted octanol–water partition coefficient (Wildman–Crippen LogP) is 3.11. The van der Waals surface area contributed by atoms with Crippen LogP contribution >= 0.6 is 11.8 Å². The molecule has 1 aromatic heterocycles. The number of halogens is 3. The van der Waals surface area contributed by atoms with Crippen LogP contribution in [0.5, 0.6) is 0 Å². The Kier molecular flexibility index (Phi) is 3.90. The quantitative estimate of drug-likeness (QED) is 0.872. The average Bonchev–Trinajstić information content (AvgIpc) is 3.08. The smallest absolute Gasteiger partial charge is 0.360 e. The molecular formula is C13H12F3N3OS. The van der Waals surface area contributed by atoms with Crippen molar-refractivity contribution in [3.8, 4) is 0 Å². The Labute approximate surface area is 123 Å². The van der Waals surface area contributed by atoms with Crippen molar-refractivity contribution in [3.63, 3.8) is 0 Å². The molecule has 0 saturated carbocycles. The maximum atomic E-state index is 12.7. The van der Waals surface area contributed by atoms with E-state index in [9.17, 15) is 13.2 Å². The summed E-state index contributed by atoms with van der Waals surface area (Å²) in [6.45, 7) is 0.921. The molecule has 0 unspecified atom stereocenters. The summed E-state index contributed by atoms with van der Waals surface area (Å²) >= 11 is 1.63. The minimum absolute atomic E-state index is 0.125. The van der Waals surface area contributed by atoms with Crippen molar-refractivity contribution in [2.45, 2.75) is 18.2 Å². The molecule has 21 heavy (non-hydrogen) atoms. The van der Waals surface area contributed by atoms with Gasteiger partial charge in [-0.25, -0.2) is 4.68 Å². The van der Waals surface area contributed by atoms with Crippen molar-refractivity contribution >= 4 is 11.8 Å². The number of ether oxygens (including phenoxy) is 1. The van der Waals surface area contributed by atoms with Gasteiger partial charge in [-0.2, -0.15) is 13.2 Å². The second-order valence-corrected chi connectivity index (χ2v) is 5.78. The van der Waals surface area contributed by atoms with Gasteiger partial charge in [0.05, 0.1) is 24.9 Å². The number of hydrogen-bond acceptors (Lipinski definition) is 4. The Bertz CT molecular complexity index is 623. The molecule has 0 spiro atoms. The number of benzene rings is 1. The van der Waals surface area contributed by atoms with Crippen LogP contribution in [0.15, 0.2) is 30.5 Å². The van der Waals surface area contributed by atoms with Gasteiger partial charge < -0.3 is 4.74 Å². The highest BCUT2D eigenvalue weighted by Crippen LogP contribution is 2.33. The number of rotatable bonds is 3. The maximum absolute atomic E-state index is 12.7. The van der Waals surface area contributed by atoms with E-state index in [0.717, 1.165) is 17.9 Å². The van der Waals surface area contributed by atoms with Gasteiger partial charge in [-0.15, -0.1) is 16.9 Å². The lowest BCUT2D eigenvalue weighted by atomic mass is 10.1. The monoisotopic (exact) mass is 315 g/mol. The van der Waals surface area contributed by atoms with Crippen LogP contribution in [0, 0.1) is 0 Å². The van der Waals surface area contributed by atoms with Gasteiger partial charge in [-0.1, -0.05) is 17.3 Å². The average molecular weight is 315 g/mol. The topological polar surface area (TPSA) is 39.9 Å². The molecule has 2 heterocycles. The van der Waals surface area contributed by atoms with Gasteiger partial charge >= 0.3 is 6.18 Å². The van der Waals surface area contributed by atoms with Gasteiger partial charge in [0.2, 0.25) is 0 Å². The normalized spacial score (nSPS) is 19.1. The number of thioether (sulfide) groups is 1. The third-order valence-corrected chi connectivity index (χ3v) is 4.10. The Morgan fingerprint density at radius 1 is 1.38 bits per heavy atom. The fourth-order valence-electron chi connectivity index (χ4n) is 2.06. The molecule has 3 rings (SSSR count). The highest BCUT2D eigenvalue weighted by Gasteiger charge is 2.30. The predicted molar refractivity (Wildman–Crippen MR) is 71.7 cm³/mol. The van der Waals surface area contributed by atoms with E-state index in [4.69, 9.17) is 4.74 Å². The van der Waals surface area contributed by atoms with E-state index in [-0.39, 0.29) is 12.0 Å². The van der Waals surface area contributed by atoms with Crippen LogP contribution in [0.3, 0.4) is 0 Å². The molecule has 1 atom stereocenters.